The lowest BCUT2D eigenvalue weighted by Gasteiger charge is -2.23. The summed E-state index contributed by atoms with van der Waals surface area (Å²) in [5.74, 6) is -1.21. The summed E-state index contributed by atoms with van der Waals surface area (Å²) < 4.78 is 29.9. The van der Waals surface area contributed by atoms with Crippen molar-refractivity contribution < 1.29 is 28.1 Å². The molecular formula is C24H21ClFN2O6P. The Morgan fingerprint density at radius 2 is 1.94 bits per heavy atom. The number of Topliss-reactive ketones (excluding diaryl/α,β-unsaturated/α-hetero) is 1. The molecular weight excluding hydrogens is 498 g/mol. The summed E-state index contributed by atoms with van der Waals surface area (Å²) in [6, 6.07) is 9.66. The van der Waals surface area contributed by atoms with Gasteiger partial charge >= 0.3 is 7.82 Å². The van der Waals surface area contributed by atoms with Gasteiger partial charge in [0.05, 0.1) is 17.7 Å². The van der Waals surface area contributed by atoms with E-state index in [2.05, 4.69) is 14.5 Å². The molecule has 35 heavy (non-hydrogen) atoms. The van der Waals surface area contributed by atoms with Crippen molar-refractivity contribution in [1.29, 1.82) is 0 Å². The number of hydrogen-bond acceptors (Lipinski definition) is 5. The van der Waals surface area contributed by atoms with E-state index >= 15 is 0 Å². The second-order valence-corrected chi connectivity index (χ2v) is 9.83. The minimum Gasteiger partial charge on any atom is -0.358 e. The van der Waals surface area contributed by atoms with Gasteiger partial charge in [-0.15, -0.1) is 0 Å². The number of allylic oxidation sites excluding steroid dienone is 1. The van der Waals surface area contributed by atoms with Crippen LogP contribution in [0.2, 0.25) is 5.02 Å². The molecule has 1 aromatic heterocycles. The maximum absolute atomic E-state index is 14.7. The van der Waals surface area contributed by atoms with Gasteiger partial charge < -0.3 is 14.8 Å². The van der Waals surface area contributed by atoms with Crippen LogP contribution in [0.15, 0.2) is 64.5 Å². The quantitative estimate of drug-likeness (QED) is 0.221. The number of aryl methyl sites for hydroxylation is 1. The number of ketones is 1. The van der Waals surface area contributed by atoms with Gasteiger partial charge in [-0.3, -0.25) is 19.1 Å². The summed E-state index contributed by atoms with van der Waals surface area (Å²) in [7, 11) is -4.60. The summed E-state index contributed by atoms with van der Waals surface area (Å²) in [6.07, 6.45) is 6.58. The number of benzene rings is 2. The van der Waals surface area contributed by atoms with E-state index in [1.54, 1.807) is 36.4 Å². The minimum absolute atomic E-state index is 0.00523. The highest BCUT2D eigenvalue weighted by atomic mass is 35.5. The molecule has 1 aliphatic heterocycles. The molecule has 2 aromatic carbocycles. The fourth-order valence-corrected chi connectivity index (χ4v) is 4.50. The van der Waals surface area contributed by atoms with Gasteiger partial charge in [-0.05, 0) is 60.4 Å². The van der Waals surface area contributed by atoms with Crippen LogP contribution in [0.4, 0.5) is 4.39 Å². The Morgan fingerprint density at radius 3 is 2.60 bits per heavy atom. The number of phosphoric ester groups is 1. The second-order valence-electron chi connectivity index (χ2n) is 8.15. The van der Waals surface area contributed by atoms with Gasteiger partial charge in [-0.1, -0.05) is 23.7 Å². The van der Waals surface area contributed by atoms with Crippen molar-refractivity contribution in [2.75, 3.05) is 6.61 Å². The lowest BCUT2D eigenvalue weighted by atomic mass is 9.84. The van der Waals surface area contributed by atoms with Crippen LogP contribution in [0.3, 0.4) is 0 Å². The van der Waals surface area contributed by atoms with Crippen molar-refractivity contribution in [1.82, 2.24) is 4.98 Å². The molecule has 0 spiro atoms. The molecule has 0 amide bonds. The number of nitrogens with zero attached hydrogens (tertiary/aromatic N) is 1. The smallest absolute Gasteiger partial charge is 0.358 e. The molecule has 0 radical (unpaired) electrons. The molecule has 11 heteroatoms. The number of carbonyl (C=O) groups excluding carboxylic acids is 1. The molecule has 3 aromatic rings. The summed E-state index contributed by atoms with van der Waals surface area (Å²) in [4.78, 5) is 51.5. The number of rotatable bonds is 9. The number of phosphoric acid groups is 1. The summed E-state index contributed by atoms with van der Waals surface area (Å²) in [5, 5.41) is 0.547. The summed E-state index contributed by atoms with van der Waals surface area (Å²) in [6.45, 7) is -0.240. The van der Waals surface area contributed by atoms with Crippen LogP contribution in [0.25, 0.3) is 10.9 Å². The average molecular weight is 519 g/mol. The van der Waals surface area contributed by atoms with E-state index in [-0.39, 0.29) is 42.3 Å². The SMILES string of the molecule is O=C(c1c[nH]c2c(F)cc(CCCOP(=O)(O)O)cc2c1=O)C1(Cc2ccc(Cl)cc2)C=CC=N1. The zero-order valence-corrected chi connectivity index (χ0v) is 19.9. The number of aromatic amines is 1. The standard InChI is InChI=1S/C24H21ClFN2O6P/c25-17-6-4-15(5-7-17)13-24(8-2-9-28-24)23(30)19-14-27-21-18(22(19)29)11-16(12-20(21)26)3-1-10-34-35(31,32)33/h2,4-9,11-12,14H,1,3,10,13H2,(H,27,29)(H2,31,32,33). The lowest BCUT2D eigenvalue weighted by Crippen LogP contribution is -2.38. The van der Waals surface area contributed by atoms with E-state index < -0.39 is 30.4 Å². The number of fused-ring (bicyclic) bond motifs is 1. The third kappa shape index (κ3) is 5.66. The second kappa shape index (κ2) is 9.97. The van der Waals surface area contributed by atoms with Crippen LogP contribution in [0.5, 0.6) is 0 Å². The maximum atomic E-state index is 14.7. The monoisotopic (exact) mass is 518 g/mol. The van der Waals surface area contributed by atoms with Gasteiger partial charge in [0.2, 0.25) is 0 Å². The van der Waals surface area contributed by atoms with Crippen LogP contribution in [-0.4, -0.2) is 38.9 Å². The van der Waals surface area contributed by atoms with Crippen LogP contribution in [0.1, 0.15) is 27.9 Å². The molecule has 4 rings (SSSR count). The molecule has 3 N–H and O–H groups in total. The molecule has 0 aliphatic carbocycles. The Balaban J connectivity index is 1.66. The highest BCUT2D eigenvalue weighted by Crippen LogP contribution is 2.35. The largest absolute Gasteiger partial charge is 0.469 e. The normalized spacial score (nSPS) is 17.4. The first-order valence-corrected chi connectivity index (χ1v) is 12.5. The van der Waals surface area contributed by atoms with Crippen molar-refractivity contribution >= 4 is 42.3 Å². The fraction of sp³-hybridized carbons (Fsp3) is 0.208. The maximum Gasteiger partial charge on any atom is 0.469 e. The van der Waals surface area contributed by atoms with E-state index in [1.165, 1.54) is 24.5 Å². The predicted octanol–water partition coefficient (Wildman–Crippen LogP) is 4.17. The zero-order valence-electron chi connectivity index (χ0n) is 18.3. The molecule has 0 fully saturated rings. The molecule has 1 unspecified atom stereocenters. The Bertz CT molecular complexity index is 1430. The lowest BCUT2D eigenvalue weighted by molar-refractivity contribution is 0.0922. The van der Waals surface area contributed by atoms with E-state index in [0.29, 0.717) is 10.6 Å². The van der Waals surface area contributed by atoms with Crippen molar-refractivity contribution in [3.05, 3.63) is 92.5 Å². The Hall–Kier alpha value is -2.94. The minimum atomic E-state index is -4.60. The van der Waals surface area contributed by atoms with Gasteiger partial charge in [0.15, 0.2) is 11.2 Å². The van der Waals surface area contributed by atoms with Gasteiger partial charge in [0.25, 0.3) is 0 Å². The number of pyridine rings is 1. The number of aromatic nitrogens is 1. The van der Waals surface area contributed by atoms with Crippen molar-refractivity contribution in [3.8, 4) is 0 Å². The molecule has 1 atom stereocenters. The first-order valence-electron chi connectivity index (χ1n) is 10.6. The van der Waals surface area contributed by atoms with Gasteiger partial charge in [0.1, 0.15) is 11.4 Å². The predicted molar refractivity (Wildman–Crippen MR) is 131 cm³/mol. The highest BCUT2D eigenvalue weighted by molar-refractivity contribution is 7.46. The third-order valence-corrected chi connectivity index (χ3v) is 6.43. The molecule has 2 heterocycles. The average Bonchev–Trinajstić information content (AvgIpc) is 3.28. The Kier molecular flexibility index (Phi) is 7.17. The molecule has 8 nitrogen and oxygen atoms in total. The first kappa shape index (κ1) is 25.2. The number of halogens is 2. The number of nitrogens with one attached hydrogen (secondary N) is 1. The molecule has 182 valence electrons. The molecule has 0 saturated heterocycles. The number of aliphatic imine (C=N–C) groups is 1. The van der Waals surface area contributed by atoms with Crippen LogP contribution in [0, 0.1) is 5.82 Å². The van der Waals surface area contributed by atoms with E-state index in [1.807, 2.05) is 0 Å². The number of carbonyl (C=O) groups is 1. The van der Waals surface area contributed by atoms with E-state index in [4.69, 9.17) is 21.4 Å². The van der Waals surface area contributed by atoms with Crippen LogP contribution >= 0.6 is 19.4 Å². The first-order chi connectivity index (χ1) is 16.6. The topological polar surface area (TPSA) is 129 Å². The van der Waals surface area contributed by atoms with Gasteiger partial charge in [-0.2, -0.15) is 0 Å². The zero-order chi connectivity index (χ0) is 25.2. The number of H-pyrrole nitrogens is 1. The summed E-state index contributed by atoms with van der Waals surface area (Å²) in [5.41, 5.74) is -0.925. The van der Waals surface area contributed by atoms with Crippen LogP contribution < -0.4 is 5.43 Å². The molecule has 0 saturated carbocycles. The van der Waals surface area contributed by atoms with Crippen molar-refractivity contribution in [3.63, 3.8) is 0 Å². The molecule has 0 bridgehead atoms. The van der Waals surface area contributed by atoms with Crippen molar-refractivity contribution in [2.24, 2.45) is 4.99 Å². The van der Waals surface area contributed by atoms with E-state index in [0.717, 1.165) is 5.56 Å². The third-order valence-electron chi connectivity index (χ3n) is 5.66. The fourth-order valence-electron chi connectivity index (χ4n) is 4.00. The number of hydrogen-bond donors (Lipinski definition) is 3. The molecule has 1 aliphatic rings. The summed E-state index contributed by atoms with van der Waals surface area (Å²) >= 11 is 5.95. The van der Waals surface area contributed by atoms with Crippen molar-refractivity contribution in [2.45, 2.75) is 24.8 Å². The van der Waals surface area contributed by atoms with Gasteiger partial charge in [0, 0.05) is 29.2 Å². The van der Waals surface area contributed by atoms with Gasteiger partial charge in [-0.25, -0.2) is 8.96 Å². The highest BCUT2D eigenvalue weighted by Gasteiger charge is 2.39. The Morgan fingerprint density at radius 1 is 1.20 bits per heavy atom. The van der Waals surface area contributed by atoms with E-state index in [9.17, 15) is 18.5 Å². The van der Waals surface area contributed by atoms with Crippen LogP contribution in [-0.2, 0) is 21.9 Å². The Labute approximate surface area is 204 Å².